The van der Waals surface area contributed by atoms with Crippen LogP contribution in [0.25, 0.3) is 0 Å². The van der Waals surface area contributed by atoms with Gasteiger partial charge in [0.2, 0.25) is 5.78 Å². The number of carbonyl (C=O) groups is 1. The molecule has 0 aromatic carbocycles. The van der Waals surface area contributed by atoms with Crippen LogP contribution in [0.4, 0.5) is 0 Å². The van der Waals surface area contributed by atoms with E-state index in [2.05, 4.69) is 0 Å². The summed E-state index contributed by atoms with van der Waals surface area (Å²) in [6.45, 7) is 0. The molecule has 1 fully saturated rings. The lowest BCUT2D eigenvalue weighted by atomic mass is 10.0. The molecular weight excluding hydrogens is 172 g/mol. The SMILES string of the molecule is O=C(c1ccco1)C1CCSC1. The molecule has 0 radical (unpaired) electrons. The third kappa shape index (κ3) is 1.41. The van der Waals surface area contributed by atoms with Gasteiger partial charge < -0.3 is 4.42 Å². The van der Waals surface area contributed by atoms with Crippen LogP contribution in [0.1, 0.15) is 17.0 Å². The van der Waals surface area contributed by atoms with Gasteiger partial charge in [0, 0.05) is 11.7 Å². The lowest BCUT2D eigenvalue weighted by Gasteiger charge is -2.02. The molecule has 1 unspecified atom stereocenters. The van der Waals surface area contributed by atoms with Crippen LogP contribution in [0.3, 0.4) is 0 Å². The second kappa shape index (κ2) is 3.35. The van der Waals surface area contributed by atoms with Gasteiger partial charge in [-0.05, 0) is 24.3 Å². The molecule has 1 saturated heterocycles. The van der Waals surface area contributed by atoms with Crippen molar-refractivity contribution in [2.45, 2.75) is 6.42 Å². The number of hydrogen-bond donors (Lipinski definition) is 0. The summed E-state index contributed by atoms with van der Waals surface area (Å²) in [4.78, 5) is 11.6. The summed E-state index contributed by atoms with van der Waals surface area (Å²) < 4.78 is 5.05. The van der Waals surface area contributed by atoms with Crippen LogP contribution in [0.2, 0.25) is 0 Å². The van der Waals surface area contributed by atoms with E-state index in [1.165, 1.54) is 0 Å². The van der Waals surface area contributed by atoms with Gasteiger partial charge in [0.25, 0.3) is 0 Å². The predicted octanol–water partition coefficient (Wildman–Crippen LogP) is 2.22. The van der Waals surface area contributed by atoms with Crippen molar-refractivity contribution >= 4 is 17.5 Å². The minimum absolute atomic E-state index is 0.171. The van der Waals surface area contributed by atoms with Crippen LogP contribution < -0.4 is 0 Å². The summed E-state index contributed by atoms with van der Waals surface area (Å²) in [7, 11) is 0. The van der Waals surface area contributed by atoms with Crippen molar-refractivity contribution in [2.24, 2.45) is 5.92 Å². The molecule has 1 aromatic rings. The molecule has 0 bridgehead atoms. The molecule has 2 heterocycles. The Morgan fingerprint density at radius 1 is 1.67 bits per heavy atom. The molecule has 1 atom stereocenters. The Bertz CT molecular complexity index is 260. The third-order valence-corrected chi connectivity index (χ3v) is 3.23. The minimum atomic E-state index is 0.171. The molecule has 64 valence electrons. The van der Waals surface area contributed by atoms with Crippen LogP contribution in [-0.4, -0.2) is 17.3 Å². The van der Waals surface area contributed by atoms with Gasteiger partial charge in [-0.25, -0.2) is 0 Å². The maximum atomic E-state index is 11.6. The smallest absolute Gasteiger partial charge is 0.201 e. The lowest BCUT2D eigenvalue weighted by Crippen LogP contribution is -2.12. The highest BCUT2D eigenvalue weighted by molar-refractivity contribution is 7.99. The zero-order valence-corrected chi connectivity index (χ0v) is 7.47. The topological polar surface area (TPSA) is 30.2 Å². The van der Waals surface area contributed by atoms with Crippen molar-refractivity contribution in [1.29, 1.82) is 0 Å². The average molecular weight is 182 g/mol. The average Bonchev–Trinajstić information content (AvgIpc) is 2.77. The summed E-state index contributed by atoms with van der Waals surface area (Å²) >= 11 is 1.85. The Kier molecular flexibility index (Phi) is 2.21. The standard InChI is InChI=1S/C9H10O2S/c10-9(7-3-5-12-6-7)8-2-1-4-11-8/h1-2,4,7H,3,5-6H2. The zero-order valence-electron chi connectivity index (χ0n) is 6.66. The zero-order chi connectivity index (χ0) is 8.39. The first-order chi connectivity index (χ1) is 5.88. The molecule has 0 saturated carbocycles. The molecule has 0 spiro atoms. The van der Waals surface area contributed by atoms with E-state index in [0.29, 0.717) is 5.76 Å². The van der Waals surface area contributed by atoms with Crippen molar-refractivity contribution in [3.05, 3.63) is 24.2 Å². The lowest BCUT2D eigenvalue weighted by molar-refractivity contribution is 0.0905. The van der Waals surface area contributed by atoms with Crippen LogP contribution in [0, 0.1) is 5.92 Å². The van der Waals surface area contributed by atoms with E-state index in [9.17, 15) is 4.79 Å². The highest BCUT2D eigenvalue weighted by atomic mass is 32.2. The monoisotopic (exact) mass is 182 g/mol. The second-order valence-electron chi connectivity index (χ2n) is 2.90. The van der Waals surface area contributed by atoms with E-state index in [1.54, 1.807) is 18.4 Å². The fraction of sp³-hybridized carbons (Fsp3) is 0.444. The predicted molar refractivity (Wildman–Crippen MR) is 48.5 cm³/mol. The summed E-state index contributed by atoms with van der Waals surface area (Å²) in [6.07, 6.45) is 2.56. The van der Waals surface area contributed by atoms with Crippen LogP contribution >= 0.6 is 11.8 Å². The van der Waals surface area contributed by atoms with Gasteiger partial charge in [0.1, 0.15) is 0 Å². The molecule has 1 aromatic heterocycles. The van der Waals surface area contributed by atoms with Gasteiger partial charge in [-0.2, -0.15) is 11.8 Å². The van der Waals surface area contributed by atoms with Crippen molar-refractivity contribution in [3.63, 3.8) is 0 Å². The van der Waals surface area contributed by atoms with Crippen molar-refractivity contribution in [1.82, 2.24) is 0 Å². The largest absolute Gasteiger partial charge is 0.461 e. The van der Waals surface area contributed by atoms with Crippen LogP contribution in [-0.2, 0) is 0 Å². The Morgan fingerprint density at radius 2 is 2.58 bits per heavy atom. The Hall–Kier alpha value is -0.700. The first-order valence-electron chi connectivity index (χ1n) is 4.03. The molecule has 2 nitrogen and oxygen atoms in total. The molecular formula is C9H10O2S. The first kappa shape index (κ1) is 7.92. The van der Waals surface area contributed by atoms with E-state index in [1.807, 2.05) is 11.8 Å². The van der Waals surface area contributed by atoms with Gasteiger partial charge in [-0.15, -0.1) is 0 Å². The molecule has 0 N–H and O–H groups in total. The summed E-state index contributed by atoms with van der Waals surface area (Å²) in [5.74, 6) is 2.95. The Balaban J connectivity index is 2.09. The second-order valence-corrected chi connectivity index (χ2v) is 4.05. The normalized spacial score (nSPS) is 22.8. The number of thioether (sulfide) groups is 1. The number of carbonyl (C=O) groups excluding carboxylic acids is 1. The van der Waals surface area contributed by atoms with Crippen molar-refractivity contribution < 1.29 is 9.21 Å². The third-order valence-electron chi connectivity index (χ3n) is 2.06. The van der Waals surface area contributed by atoms with E-state index < -0.39 is 0 Å². The molecule has 0 aliphatic carbocycles. The fourth-order valence-corrected chi connectivity index (χ4v) is 2.58. The summed E-state index contributed by atoms with van der Waals surface area (Å²) in [6, 6.07) is 3.50. The number of Topliss-reactive ketones (excluding diaryl/α,β-unsaturated/α-hetero) is 1. The molecule has 3 heteroatoms. The van der Waals surface area contributed by atoms with Crippen molar-refractivity contribution in [2.75, 3.05) is 11.5 Å². The van der Waals surface area contributed by atoms with E-state index in [-0.39, 0.29) is 11.7 Å². The molecule has 2 rings (SSSR count). The highest BCUT2D eigenvalue weighted by Crippen LogP contribution is 2.26. The highest BCUT2D eigenvalue weighted by Gasteiger charge is 2.25. The van der Waals surface area contributed by atoms with Gasteiger partial charge in [-0.3, -0.25) is 4.79 Å². The Labute approximate surface area is 75.3 Å². The molecule has 0 amide bonds. The molecule has 1 aliphatic heterocycles. The van der Waals surface area contributed by atoms with Crippen LogP contribution in [0.15, 0.2) is 22.8 Å². The van der Waals surface area contributed by atoms with Gasteiger partial charge >= 0.3 is 0 Å². The van der Waals surface area contributed by atoms with Crippen LogP contribution in [0.5, 0.6) is 0 Å². The van der Waals surface area contributed by atoms with E-state index in [0.717, 1.165) is 17.9 Å². The number of ketones is 1. The maximum Gasteiger partial charge on any atom is 0.201 e. The van der Waals surface area contributed by atoms with E-state index in [4.69, 9.17) is 4.42 Å². The fourth-order valence-electron chi connectivity index (χ4n) is 1.36. The number of rotatable bonds is 2. The van der Waals surface area contributed by atoms with Gasteiger partial charge in [0.15, 0.2) is 5.76 Å². The summed E-state index contributed by atoms with van der Waals surface area (Å²) in [5.41, 5.74) is 0. The first-order valence-corrected chi connectivity index (χ1v) is 5.19. The molecule has 12 heavy (non-hydrogen) atoms. The number of hydrogen-bond acceptors (Lipinski definition) is 3. The number of furan rings is 1. The van der Waals surface area contributed by atoms with Gasteiger partial charge in [0.05, 0.1) is 6.26 Å². The van der Waals surface area contributed by atoms with Gasteiger partial charge in [-0.1, -0.05) is 0 Å². The quantitative estimate of drug-likeness (QED) is 0.657. The minimum Gasteiger partial charge on any atom is -0.461 e. The summed E-state index contributed by atoms with van der Waals surface area (Å²) in [5, 5.41) is 0. The molecule has 1 aliphatic rings. The van der Waals surface area contributed by atoms with E-state index >= 15 is 0 Å². The Morgan fingerprint density at radius 3 is 3.17 bits per heavy atom. The maximum absolute atomic E-state index is 11.6. The van der Waals surface area contributed by atoms with Crippen molar-refractivity contribution in [3.8, 4) is 0 Å².